The van der Waals surface area contributed by atoms with Gasteiger partial charge in [0.25, 0.3) is 5.91 Å². The molecule has 0 radical (unpaired) electrons. The van der Waals surface area contributed by atoms with Crippen molar-refractivity contribution in [1.29, 1.82) is 0 Å². The molecule has 2 heterocycles. The topological polar surface area (TPSA) is 119 Å². The van der Waals surface area contributed by atoms with E-state index in [-0.39, 0.29) is 23.3 Å². The van der Waals surface area contributed by atoms with E-state index in [9.17, 15) is 14.4 Å². The molecule has 0 aliphatic carbocycles. The summed E-state index contributed by atoms with van der Waals surface area (Å²) in [5.41, 5.74) is 5.44. The van der Waals surface area contributed by atoms with Crippen molar-refractivity contribution in [2.45, 2.75) is 20.0 Å². The fraction of sp³-hybridized carbons (Fsp3) is 0.500. The van der Waals surface area contributed by atoms with Gasteiger partial charge in [-0.3, -0.25) is 9.59 Å². The highest BCUT2D eigenvalue weighted by Gasteiger charge is 2.28. The monoisotopic (exact) mass is 321 g/mol. The van der Waals surface area contributed by atoms with Crippen LogP contribution in [0.25, 0.3) is 0 Å². The Hall–Kier alpha value is -2.71. The van der Waals surface area contributed by atoms with Crippen molar-refractivity contribution in [3.63, 3.8) is 0 Å². The molecule has 0 saturated carbocycles. The molecule has 1 aliphatic rings. The highest BCUT2D eigenvalue weighted by Crippen LogP contribution is 2.10. The number of nitrogens with zero attached hydrogens (tertiary/aromatic N) is 4. The lowest BCUT2D eigenvalue weighted by atomic mass is 10.2. The zero-order valence-corrected chi connectivity index (χ0v) is 13.1. The van der Waals surface area contributed by atoms with Crippen molar-refractivity contribution in [3.05, 3.63) is 18.1 Å². The largest absolute Gasteiger partial charge is 0.448 e. The van der Waals surface area contributed by atoms with Crippen molar-refractivity contribution in [1.82, 2.24) is 19.8 Å². The van der Waals surface area contributed by atoms with Gasteiger partial charge in [-0.25, -0.2) is 14.8 Å². The standard InChI is InChI=1S/C14H19N5O4/c1-9(23-14(22)11-12(15)17-4-3-16-11)13(21)19-7-5-18(6-8-19)10(2)20/h3-4,9H,5-8H2,1-2H3,(H2,15,17)/t9-/m1/s1. The lowest BCUT2D eigenvalue weighted by Crippen LogP contribution is -2.52. The van der Waals surface area contributed by atoms with Crippen LogP contribution in [0.15, 0.2) is 12.4 Å². The lowest BCUT2D eigenvalue weighted by molar-refractivity contribution is -0.144. The summed E-state index contributed by atoms with van der Waals surface area (Å²) in [6, 6.07) is 0. The van der Waals surface area contributed by atoms with E-state index < -0.39 is 12.1 Å². The zero-order chi connectivity index (χ0) is 17.0. The SMILES string of the molecule is CC(=O)N1CCN(C(=O)[C@@H](C)OC(=O)c2nccnc2N)CC1. The Morgan fingerprint density at radius 2 is 1.70 bits per heavy atom. The molecule has 9 heteroatoms. The number of nitrogen functional groups attached to an aromatic ring is 1. The minimum absolute atomic E-state index is 0.0188. The third kappa shape index (κ3) is 3.93. The molecule has 0 bridgehead atoms. The molecule has 0 unspecified atom stereocenters. The minimum Gasteiger partial charge on any atom is -0.448 e. The average Bonchev–Trinajstić information content (AvgIpc) is 2.54. The second-order valence-electron chi connectivity index (χ2n) is 5.17. The van der Waals surface area contributed by atoms with Crippen LogP contribution in [-0.4, -0.2) is 69.8 Å². The van der Waals surface area contributed by atoms with Gasteiger partial charge in [0.05, 0.1) is 0 Å². The van der Waals surface area contributed by atoms with Crippen molar-refractivity contribution in [2.24, 2.45) is 0 Å². The number of amides is 2. The number of nitrogens with two attached hydrogens (primary N) is 1. The van der Waals surface area contributed by atoms with Gasteiger partial charge in [-0.15, -0.1) is 0 Å². The van der Waals surface area contributed by atoms with Gasteiger partial charge in [-0.05, 0) is 6.92 Å². The van der Waals surface area contributed by atoms with E-state index in [1.165, 1.54) is 26.2 Å². The van der Waals surface area contributed by atoms with Gasteiger partial charge in [0.15, 0.2) is 17.6 Å². The average molecular weight is 321 g/mol. The summed E-state index contributed by atoms with van der Waals surface area (Å²) in [7, 11) is 0. The third-order valence-corrected chi connectivity index (χ3v) is 3.59. The van der Waals surface area contributed by atoms with Gasteiger partial charge in [-0.2, -0.15) is 0 Å². The van der Waals surface area contributed by atoms with E-state index >= 15 is 0 Å². The molecule has 124 valence electrons. The first kappa shape index (κ1) is 16.7. The van der Waals surface area contributed by atoms with Crippen LogP contribution >= 0.6 is 0 Å². The van der Waals surface area contributed by atoms with E-state index in [1.807, 2.05) is 0 Å². The second kappa shape index (κ2) is 7.03. The molecule has 1 aromatic rings. The second-order valence-corrected chi connectivity index (χ2v) is 5.17. The highest BCUT2D eigenvalue weighted by molar-refractivity contribution is 5.94. The van der Waals surface area contributed by atoms with Gasteiger partial charge >= 0.3 is 5.97 Å². The minimum atomic E-state index is -0.965. The molecule has 1 fully saturated rings. The molecular formula is C14H19N5O4. The number of esters is 1. The number of hydrogen-bond donors (Lipinski definition) is 1. The van der Waals surface area contributed by atoms with Crippen molar-refractivity contribution in [2.75, 3.05) is 31.9 Å². The summed E-state index contributed by atoms with van der Waals surface area (Å²) in [6.07, 6.45) is 1.71. The number of anilines is 1. The van der Waals surface area contributed by atoms with Crippen molar-refractivity contribution >= 4 is 23.6 Å². The molecule has 1 aliphatic heterocycles. The molecule has 1 atom stereocenters. The van der Waals surface area contributed by atoms with Crippen LogP contribution in [0.3, 0.4) is 0 Å². The van der Waals surface area contributed by atoms with E-state index in [1.54, 1.807) is 9.80 Å². The summed E-state index contributed by atoms with van der Waals surface area (Å²) >= 11 is 0. The molecule has 1 saturated heterocycles. The Labute approximate surface area is 133 Å². The van der Waals surface area contributed by atoms with Gasteiger partial charge in [-0.1, -0.05) is 0 Å². The van der Waals surface area contributed by atoms with E-state index in [2.05, 4.69) is 9.97 Å². The maximum atomic E-state index is 12.3. The van der Waals surface area contributed by atoms with Crippen LogP contribution < -0.4 is 5.73 Å². The van der Waals surface area contributed by atoms with Crippen LogP contribution in [0.2, 0.25) is 0 Å². The summed E-state index contributed by atoms with van der Waals surface area (Å²) < 4.78 is 5.11. The Bertz CT molecular complexity index is 613. The van der Waals surface area contributed by atoms with Crippen LogP contribution in [-0.2, 0) is 14.3 Å². The van der Waals surface area contributed by atoms with E-state index in [4.69, 9.17) is 10.5 Å². The molecular weight excluding hydrogens is 302 g/mol. The van der Waals surface area contributed by atoms with Crippen LogP contribution in [0.4, 0.5) is 5.82 Å². The van der Waals surface area contributed by atoms with Crippen molar-refractivity contribution in [3.8, 4) is 0 Å². The van der Waals surface area contributed by atoms with Gasteiger partial charge < -0.3 is 20.3 Å². The highest BCUT2D eigenvalue weighted by atomic mass is 16.5. The molecule has 9 nitrogen and oxygen atoms in total. The number of carbonyl (C=O) groups excluding carboxylic acids is 3. The predicted molar refractivity (Wildman–Crippen MR) is 80.2 cm³/mol. The smallest absolute Gasteiger partial charge is 0.361 e. The van der Waals surface area contributed by atoms with Gasteiger partial charge in [0.1, 0.15) is 0 Å². The first-order valence-corrected chi connectivity index (χ1v) is 7.22. The van der Waals surface area contributed by atoms with E-state index in [0.29, 0.717) is 26.2 Å². The first-order valence-electron chi connectivity index (χ1n) is 7.22. The summed E-state index contributed by atoms with van der Waals surface area (Å²) in [4.78, 5) is 46.3. The molecule has 2 amide bonds. The Balaban J connectivity index is 1.92. The number of carbonyl (C=O) groups is 3. The predicted octanol–water partition coefficient (Wildman–Crippen LogP) is -0.705. The number of aromatic nitrogens is 2. The normalized spacial score (nSPS) is 15.9. The molecule has 0 spiro atoms. The Morgan fingerprint density at radius 1 is 1.13 bits per heavy atom. The Morgan fingerprint density at radius 3 is 2.26 bits per heavy atom. The van der Waals surface area contributed by atoms with Gasteiger partial charge in [0, 0.05) is 45.5 Å². The molecule has 2 N–H and O–H groups in total. The number of ether oxygens (including phenoxy) is 1. The molecule has 23 heavy (non-hydrogen) atoms. The van der Waals surface area contributed by atoms with Crippen LogP contribution in [0.5, 0.6) is 0 Å². The Kier molecular flexibility index (Phi) is 5.09. The third-order valence-electron chi connectivity index (χ3n) is 3.59. The van der Waals surface area contributed by atoms with Crippen LogP contribution in [0, 0.1) is 0 Å². The summed E-state index contributed by atoms with van der Waals surface area (Å²) in [6.45, 7) is 4.75. The maximum Gasteiger partial charge on any atom is 0.361 e. The fourth-order valence-corrected chi connectivity index (χ4v) is 2.27. The van der Waals surface area contributed by atoms with Gasteiger partial charge in [0.2, 0.25) is 5.91 Å². The summed E-state index contributed by atoms with van der Waals surface area (Å²) in [5.74, 6) is -1.18. The zero-order valence-electron chi connectivity index (χ0n) is 13.1. The van der Waals surface area contributed by atoms with Crippen molar-refractivity contribution < 1.29 is 19.1 Å². The van der Waals surface area contributed by atoms with E-state index in [0.717, 1.165) is 0 Å². The molecule has 2 rings (SSSR count). The number of hydrogen-bond acceptors (Lipinski definition) is 7. The molecule has 0 aromatic carbocycles. The quantitative estimate of drug-likeness (QED) is 0.731. The maximum absolute atomic E-state index is 12.3. The number of piperazine rings is 1. The molecule has 1 aromatic heterocycles. The fourth-order valence-electron chi connectivity index (χ4n) is 2.27. The summed E-state index contributed by atoms with van der Waals surface area (Å²) in [5, 5.41) is 0. The first-order chi connectivity index (χ1) is 10.9. The lowest BCUT2D eigenvalue weighted by Gasteiger charge is -2.35. The number of rotatable bonds is 3. The van der Waals surface area contributed by atoms with Crippen LogP contribution in [0.1, 0.15) is 24.3 Å².